The van der Waals surface area contributed by atoms with Crippen molar-refractivity contribution in [1.82, 2.24) is 9.97 Å². The van der Waals surface area contributed by atoms with E-state index < -0.39 is 49.6 Å². The third-order valence-electron chi connectivity index (χ3n) is 3.74. The molecule has 0 saturated carbocycles. The number of aromatic nitrogens is 2. The minimum atomic E-state index is -1.70. The zero-order valence-corrected chi connectivity index (χ0v) is 14.7. The fraction of sp³-hybridized carbons (Fsp3) is 0.333. The van der Waals surface area contributed by atoms with E-state index in [1.807, 2.05) is 0 Å². The lowest BCUT2D eigenvalue weighted by molar-refractivity contribution is -0.132. The molecule has 0 unspecified atom stereocenters. The number of hydrogen-bond acceptors (Lipinski definition) is 10. The lowest BCUT2D eigenvalue weighted by atomic mass is 10.0. The van der Waals surface area contributed by atoms with Crippen molar-refractivity contribution in [1.29, 1.82) is 0 Å². The van der Waals surface area contributed by atoms with Crippen LogP contribution in [0.3, 0.4) is 0 Å². The molecule has 10 heteroatoms. The standard InChI is InChI=1S/C18H20N2O8/c21-9-13(23)15(27-17(25)11-3-1-5-19-7-11)16(14(24)10-22)28-18(26)12-4-2-6-20-8-12/h1-8,13-16,21-24H,9-10H2/t13-,14-,15-,16-/m1/s1. The number of rotatable bonds is 9. The summed E-state index contributed by atoms with van der Waals surface area (Å²) in [7, 11) is 0. The van der Waals surface area contributed by atoms with Crippen LogP contribution in [-0.4, -0.2) is 80.0 Å². The molecule has 0 aliphatic heterocycles. The van der Waals surface area contributed by atoms with E-state index in [2.05, 4.69) is 9.97 Å². The second kappa shape index (κ2) is 10.4. The van der Waals surface area contributed by atoms with Gasteiger partial charge in [0, 0.05) is 24.8 Å². The Bertz CT molecular complexity index is 693. The normalized spacial score (nSPS) is 15.1. The average molecular weight is 392 g/mol. The van der Waals surface area contributed by atoms with Crippen molar-refractivity contribution < 1.29 is 39.5 Å². The van der Waals surface area contributed by atoms with E-state index >= 15 is 0 Å². The van der Waals surface area contributed by atoms with Crippen LogP contribution in [-0.2, 0) is 9.47 Å². The Morgan fingerprint density at radius 3 is 1.50 bits per heavy atom. The number of carbonyl (C=O) groups excluding carboxylic acids is 2. The molecule has 0 radical (unpaired) electrons. The second-order valence-corrected chi connectivity index (χ2v) is 5.72. The fourth-order valence-electron chi connectivity index (χ4n) is 2.29. The summed E-state index contributed by atoms with van der Waals surface area (Å²) >= 11 is 0. The van der Waals surface area contributed by atoms with Crippen molar-refractivity contribution in [3.05, 3.63) is 60.2 Å². The quantitative estimate of drug-likeness (QED) is 0.387. The number of esters is 2. The molecule has 28 heavy (non-hydrogen) atoms. The average Bonchev–Trinajstić information content (AvgIpc) is 2.75. The van der Waals surface area contributed by atoms with Crippen LogP contribution in [0.2, 0.25) is 0 Å². The Labute approximate surface area is 160 Å². The van der Waals surface area contributed by atoms with Gasteiger partial charge in [-0.05, 0) is 24.3 Å². The van der Waals surface area contributed by atoms with Gasteiger partial charge in [-0.2, -0.15) is 0 Å². The molecule has 0 aliphatic carbocycles. The second-order valence-electron chi connectivity index (χ2n) is 5.72. The molecular weight excluding hydrogens is 372 g/mol. The number of ether oxygens (including phenoxy) is 2. The Balaban J connectivity index is 2.26. The van der Waals surface area contributed by atoms with Gasteiger partial charge in [0.2, 0.25) is 0 Å². The van der Waals surface area contributed by atoms with Gasteiger partial charge in [-0.3, -0.25) is 9.97 Å². The maximum atomic E-state index is 12.3. The first-order valence-electron chi connectivity index (χ1n) is 8.27. The summed E-state index contributed by atoms with van der Waals surface area (Å²) in [4.78, 5) is 32.1. The molecule has 0 amide bonds. The lowest BCUT2D eigenvalue weighted by Gasteiger charge is -2.31. The minimum Gasteiger partial charge on any atom is -0.452 e. The SMILES string of the molecule is O=C(O[C@@H]([C@H](OC(=O)c1cccnc1)[C@H](O)CO)[C@H](O)CO)c1cccnc1. The summed E-state index contributed by atoms with van der Waals surface area (Å²) in [5, 5.41) is 38.7. The molecule has 4 N–H and O–H groups in total. The van der Waals surface area contributed by atoms with Gasteiger partial charge in [0.15, 0.2) is 12.2 Å². The maximum absolute atomic E-state index is 12.3. The molecule has 150 valence electrons. The van der Waals surface area contributed by atoms with Crippen LogP contribution < -0.4 is 0 Å². The highest BCUT2D eigenvalue weighted by Gasteiger charge is 2.39. The number of pyridine rings is 2. The van der Waals surface area contributed by atoms with E-state index in [-0.39, 0.29) is 11.1 Å². The van der Waals surface area contributed by atoms with Gasteiger partial charge < -0.3 is 29.9 Å². The first kappa shape index (κ1) is 21.4. The van der Waals surface area contributed by atoms with E-state index in [1.165, 1.54) is 49.1 Å². The van der Waals surface area contributed by atoms with E-state index in [0.717, 1.165) is 0 Å². The van der Waals surface area contributed by atoms with Gasteiger partial charge in [-0.15, -0.1) is 0 Å². The van der Waals surface area contributed by atoms with Crippen molar-refractivity contribution in [2.75, 3.05) is 13.2 Å². The molecule has 2 aromatic rings. The monoisotopic (exact) mass is 392 g/mol. The Morgan fingerprint density at radius 1 is 0.821 bits per heavy atom. The first-order chi connectivity index (χ1) is 13.5. The zero-order valence-electron chi connectivity index (χ0n) is 14.7. The number of nitrogens with zero attached hydrogens (tertiary/aromatic N) is 2. The van der Waals surface area contributed by atoms with Gasteiger partial charge >= 0.3 is 11.9 Å². The van der Waals surface area contributed by atoms with Gasteiger partial charge in [0.25, 0.3) is 0 Å². The molecule has 0 aromatic carbocycles. The molecule has 0 spiro atoms. The molecule has 0 aliphatic rings. The highest BCUT2D eigenvalue weighted by Crippen LogP contribution is 2.18. The number of aliphatic hydroxyl groups excluding tert-OH is 4. The van der Waals surface area contributed by atoms with Crippen LogP contribution in [0.25, 0.3) is 0 Å². The molecule has 2 aromatic heterocycles. The molecule has 2 heterocycles. The summed E-state index contributed by atoms with van der Waals surface area (Å²) in [5.74, 6) is -1.86. The Hall–Kier alpha value is -2.92. The lowest BCUT2D eigenvalue weighted by Crippen LogP contribution is -2.51. The molecule has 10 nitrogen and oxygen atoms in total. The van der Waals surface area contributed by atoms with E-state index in [0.29, 0.717) is 0 Å². The predicted molar refractivity (Wildman–Crippen MR) is 93.1 cm³/mol. The minimum absolute atomic E-state index is 0.0356. The smallest absolute Gasteiger partial charge is 0.340 e. The maximum Gasteiger partial charge on any atom is 0.340 e. The number of carbonyl (C=O) groups is 2. The summed E-state index contributed by atoms with van der Waals surface area (Å²) in [5.41, 5.74) is 0.0712. The van der Waals surface area contributed by atoms with Crippen LogP contribution in [0.1, 0.15) is 20.7 Å². The van der Waals surface area contributed by atoms with Crippen LogP contribution in [0.15, 0.2) is 49.1 Å². The molecule has 2 rings (SSSR count). The van der Waals surface area contributed by atoms with Crippen molar-refractivity contribution in [2.24, 2.45) is 0 Å². The summed E-state index contributed by atoms with van der Waals surface area (Å²) in [6, 6.07) is 5.76. The number of hydrogen-bond donors (Lipinski definition) is 4. The van der Waals surface area contributed by atoms with Gasteiger partial charge in [-0.25, -0.2) is 9.59 Å². The Morgan fingerprint density at radius 2 is 1.21 bits per heavy atom. The zero-order chi connectivity index (χ0) is 20.5. The molecule has 4 atom stereocenters. The Kier molecular flexibility index (Phi) is 7.96. The first-order valence-corrected chi connectivity index (χ1v) is 8.27. The van der Waals surface area contributed by atoms with Crippen molar-refractivity contribution in [3.8, 4) is 0 Å². The highest BCUT2D eigenvalue weighted by molar-refractivity contribution is 5.90. The third kappa shape index (κ3) is 5.54. The van der Waals surface area contributed by atoms with Crippen molar-refractivity contribution >= 4 is 11.9 Å². The van der Waals surface area contributed by atoms with Crippen molar-refractivity contribution in [3.63, 3.8) is 0 Å². The highest BCUT2D eigenvalue weighted by atomic mass is 16.6. The van der Waals surface area contributed by atoms with E-state index in [9.17, 15) is 30.0 Å². The summed E-state index contributed by atoms with van der Waals surface area (Å²) in [6.45, 7) is -1.71. The summed E-state index contributed by atoms with van der Waals surface area (Å²) in [6.07, 6.45) is -1.44. The largest absolute Gasteiger partial charge is 0.452 e. The predicted octanol–water partition coefficient (Wildman–Crippen LogP) is -1.07. The van der Waals surface area contributed by atoms with E-state index in [1.54, 1.807) is 0 Å². The van der Waals surface area contributed by atoms with Crippen LogP contribution in [0.5, 0.6) is 0 Å². The summed E-state index contributed by atoms with van der Waals surface area (Å²) < 4.78 is 10.3. The molecule has 0 fully saturated rings. The van der Waals surface area contributed by atoms with Crippen LogP contribution in [0, 0.1) is 0 Å². The molecule has 0 bridgehead atoms. The van der Waals surface area contributed by atoms with Gasteiger partial charge in [0.05, 0.1) is 24.3 Å². The number of aliphatic hydroxyl groups is 4. The van der Waals surface area contributed by atoms with Crippen LogP contribution >= 0.6 is 0 Å². The molecular formula is C18H20N2O8. The van der Waals surface area contributed by atoms with Gasteiger partial charge in [0.1, 0.15) is 12.2 Å². The topological polar surface area (TPSA) is 159 Å². The van der Waals surface area contributed by atoms with E-state index in [4.69, 9.17) is 9.47 Å². The van der Waals surface area contributed by atoms with Crippen LogP contribution in [0.4, 0.5) is 0 Å². The molecule has 0 saturated heterocycles. The van der Waals surface area contributed by atoms with Gasteiger partial charge in [-0.1, -0.05) is 0 Å². The third-order valence-corrected chi connectivity index (χ3v) is 3.74. The van der Waals surface area contributed by atoms with Crippen molar-refractivity contribution in [2.45, 2.75) is 24.4 Å². The fourth-order valence-corrected chi connectivity index (χ4v) is 2.29.